The number of rotatable bonds is 4. The lowest BCUT2D eigenvalue weighted by Gasteiger charge is -2.21. The number of carbonyl (C=O) groups is 1. The minimum atomic E-state index is -0.601. The van der Waals surface area contributed by atoms with Gasteiger partial charge in [0.1, 0.15) is 34.2 Å². The van der Waals surface area contributed by atoms with E-state index in [9.17, 15) is 4.79 Å². The highest BCUT2D eigenvalue weighted by Crippen LogP contribution is 2.36. The number of fused-ring (bicyclic) bond motifs is 1. The average molecular weight is 440 g/mol. The van der Waals surface area contributed by atoms with Crippen LogP contribution in [0.1, 0.15) is 45.4 Å². The van der Waals surface area contributed by atoms with Gasteiger partial charge >= 0.3 is 6.09 Å². The first kappa shape index (κ1) is 21.9. The van der Waals surface area contributed by atoms with Gasteiger partial charge in [-0.05, 0) is 45.7 Å². The smallest absolute Gasteiger partial charge is 0.412 e. The molecular formula is C23H29N5O4. The predicted octanol–water partition coefficient (Wildman–Crippen LogP) is 4.23. The van der Waals surface area contributed by atoms with Crippen molar-refractivity contribution in [2.45, 2.75) is 45.1 Å². The number of hydrogen-bond donors (Lipinski definition) is 2. The first-order valence-corrected chi connectivity index (χ1v) is 10.7. The summed E-state index contributed by atoms with van der Waals surface area (Å²) in [6, 6.07) is 5.45. The minimum Gasteiger partial charge on any atom is -0.495 e. The number of anilines is 2. The molecule has 1 aliphatic heterocycles. The Hall–Kier alpha value is -3.33. The van der Waals surface area contributed by atoms with Gasteiger partial charge in [-0.25, -0.2) is 14.8 Å². The van der Waals surface area contributed by atoms with Crippen LogP contribution in [-0.4, -0.2) is 46.4 Å². The normalized spacial score (nSPS) is 16.7. The summed E-state index contributed by atoms with van der Waals surface area (Å²) in [6.45, 7) is 6.83. The highest BCUT2D eigenvalue weighted by molar-refractivity contribution is 5.90. The maximum atomic E-state index is 12.2. The number of aromatic nitrogens is 3. The topological polar surface area (TPSA) is 113 Å². The number of nitrogens with zero attached hydrogens (tertiary/aromatic N) is 3. The van der Waals surface area contributed by atoms with Gasteiger partial charge in [0, 0.05) is 30.5 Å². The van der Waals surface area contributed by atoms with Crippen molar-refractivity contribution < 1.29 is 19.0 Å². The monoisotopic (exact) mass is 439 g/mol. The van der Waals surface area contributed by atoms with Crippen molar-refractivity contribution in [2.75, 3.05) is 31.4 Å². The molecule has 1 amide bonds. The van der Waals surface area contributed by atoms with Gasteiger partial charge in [0.15, 0.2) is 0 Å². The van der Waals surface area contributed by atoms with Crippen molar-refractivity contribution in [1.82, 2.24) is 14.4 Å². The lowest BCUT2D eigenvalue weighted by atomic mass is 10.0. The van der Waals surface area contributed by atoms with Crippen LogP contribution in [0, 0.1) is 0 Å². The molecule has 4 rings (SSSR count). The van der Waals surface area contributed by atoms with Crippen LogP contribution in [0.5, 0.6) is 5.75 Å². The van der Waals surface area contributed by atoms with Crippen molar-refractivity contribution in [2.24, 2.45) is 0 Å². The summed E-state index contributed by atoms with van der Waals surface area (Å²) in [4.78, 5) is 21.4. The van der Waals surface area contributed by atoms with Gasteiger partial charge < -0.3 is 19.9 Å². The number of hydrogen-bond acceptors (Lipinski definition) is 7. The molecule has 1 atom stereocenters. The Morgan fingerprint density at radius 3 is 2.84 bits per heavy atom. The van der Waals surface area contributed by atoms with Crippen LogP contribution in [0.15, 0.2) is 30.6 Å². The molecule has 1 unspecified atom stereocenters. The molecule has 1 fully saturated rings. The average Bonchev–Trinajstić information content (AvgIpc) is 3.14. The fraction of sp³-hybridized carbons (Fsp3) is 0.435. The molecule has 0 aliphatic carbocycles. The van der Waals surface area contributed by atoms with E-state index in [4.69, 9.17) is 24.9 Å². The Balaban J connectivity index is 1.73. The van der Waals surface area contributed by atoms with Crippen LogP contribution >= 0.6 is 0 Å². The van der Waals surface area contributed by atoms with E-state index >= 15 is 0 Å². The van der Waals surface area contributed by atoms with Crippen molar-refractivity contribution in [3.05, 3.63) is 36.4 Å². The highest BCUT2D eigenvalue weighted by Gasteiger charge is 2.25. The van der Waals surface area contributed by atoms with Gasteiger partial charge in [0.25, 0.3) is 0 Å². The van der Waals surface area contributed by atoms with Crippen LogP contribution < -0.4 is 15.8 Å². The second-order valence-corrected chi connectivity index (χ2v) is 8.81. The van der Waals surface area contributed by atoms with E-state index in [0.717, 1.165) is 36.4 Å². The quantitative estimate of drug-likeness (QED) is 0.625. The van der Waals surface area contributed by atoms with Crippen molar-refractivity contribution in [3.8, 4) is 17.0 Å². The van der Waals surface area contributed by atoms with Gasteiger partial charge in [0.2, 0.25) is 0 Å². The molecule has 9 heteroatoms. The third-order valence-electron chi connectivity index (χ3n) is 5.25. The Bertz CT molecular complexity index is 1130. The van der Waals surface area contributed by atoms with Crippen LogP contribution in [0.4, 0.5) is 16.3 Å². The maximum absolute atomic E-state index is 12.2. The number of nitrogens with one attached hydrogen (secondary N) is 1. The van der Waals surface area contributed by atoms with Crippen LogP contribution in [0.25, 0.3) is 16.8 Å². The molecule has 1 aliphatic rings. The van der Waals surface area contributed by atoms with E-state index in [0.29, 0.717) is 29.6 Å². The summed E-state index contributed by atoms with van der Waals surface area (Å²) in [5, 5.41) is 2.74. The second kappa shape index (κ2) is 8.66. The Morgan fingerprint density at radius 2 is 2.16 bits per heavy atom. The van der Waals surface area contributed by atoms with E-state index < -0.39 is 11.7 Å². The Labute approximate surface area is 186 Å². The van der Waals surface area contributed by atoms with E-state index in [2.05, 4.69) is 10.3 Å². The number of ether oxygens (including phenoxy) is 3. The van der Waals surface area contributed by atoms with E-state index in [-0.39, 0.29) is 5.92 Å². The molecule has 1 aromatic carbocycles. The van der Waals surface area contributed by atoms with E-state index in [1.165, 1.54) is 0 Å². The third kappa shape index (κ3) is 4.47. The molecule has 0 bridgehead atoms. The number of imidazole rings is 1. The summed E-state index contributed by atoms with van der Waals surface area (Å²) >= 11 is 0. The number of amides is 1. The summed E-state index contributed by atoms with van der Waals surface area (Å²) in [6.07, 6.45) is 5.00. The predicted molar refractivity (Wildman–Crippen MR) is 122 cm³/mol. The number of methoxy groups -OCH3 is 1. The highest BCUT2D eigenvalue weighted by atomic mass is 16.6. The molecule has 170 valence electrons. The Morgan fingerprint density at radius 1 is 1.34 bits per heavy atom. The first-order valence-electron chi connectivity index (χ1n) is 10.7. The first-order chi connectivity index (χ1) is 15.3. The molecule has 0 saturated carbocycles. The molecule has 9 nitrogen and oxygen atoms in total. The van der Waals surface area contributed by atoms with Crippen molar-refractivity contribution in [1.29, 1.82) is 0 Å². The molecule has 0 radical (unpaired) electrons. The van der Waals surface area contributed by atoms with Crippen molar-refractivity contribution in [3.63, 3.8) is 0 Å². The summed E-state index contributed by atoms with van der Waals surface area (Å²) in [5.41, 5.74) is 8.40. The standard InChI is InChI=1S/C23H29N5O4/c1-23(2,3)32-22(29)26-16-8-7-14(12-17(16)30-4)18-19-20(24)25-9-10-28(19)21(27-18)15-6-5-11-31-13-15/h7-10,12,15H,5-6,11,13H2,1-4H3,(H2,24,25)(H,26,29). The largest absolute Gasteiger partial charge is 0.495 e. The van der Waals surface area contributed by atoms with Gasteiger partial charge in [-0.15, -0.1) is 0 Å². The SMILES string of the molecule is COc1cc(-c2nc(C3CCCOC3)n3ccnc(N)c23)ccc1NC(=O)OC(C)(C)C. The molecule has 1 saturated heterocycles. The zero-order valence-electron chi connectivity index (χ0n) is 18.8. The van der Waals surface area contributed by atoms with Crippen LogP contribution in [0.3, 0.4) is 0 Å². The van der Waals surface area contributed by atoms with E-state index in [1.54, 1.807) is 19.4 Å². The Kier molecular flexibility index (Phi) is 5.92. The van der Waals surface area contributed by atoms with Gasteiger partial charge in [-0.2, -0.15) is 0 Å². The van der Waals surface area contributed by atoms with Crippen LogP contribution in [0.2, 0.25) is 0 Å². The van der Waals surface area contributed by atoms with Gasteiger partial charge in [-0.3, -0.25) is 9.72 Å². The number of benzene rings is 1. The number of nitrogen functional groups attached to an aromatic ring is 1. The second-order valence-electron chi connectivity index (χ2n) is 8.81. The number of carbonyl (C=O) groups excluding carboxylic acids is 1. The molecular weight excluding hydrogens is 410 g/mol. The summed E-state index contributed by atoms with van der Waals surface area (Å²) in [5.74, 6) is 1.97. The molecule has 32 heavy (non-hydrogen) atoms. The lowest BCUT2D eigenvalue weighted by Crippen LogP contribution is -2.27. The fourth-order valence-corrected chi connectivity index (χ4v) is 3.88. The summed E-state index contributed by atoms with van der Waals surface area (Å²) < 4.78 is 18.6. The van der Waals surface area contributed by atoms with Crippen LogP contribution in [-0.2, 0) is 9.47 Å². The third-order valence-corrected chi connectivity index (χ3v) is 5.25. The molecule has 3 heterocycles. The zero-order valence-corrected chi connectivity index (χ0v) is 18.8. The maximum Gasteiger partial charge on any atom is 0.412 e. The van der Waals surface area contributed by atoms with E-state index in [1.807, 2.05) is 43.5 Å². The number of nitrogens with two attached hydrogens (primary N) is 1. The van der Waals surface area contributed by atoms with Crippen molar-refractivity contribution >= 4 is 23.1 Å². The fourth-order valence-electron chi connectivity index (χ4n) is 3.88. The minimum absolute atomic E-state index is 0.182. The lowest BCUT2D eigenvalue weighted by molar-refractivity contribution is 0.0635. The molecule has 3 N–H and O–H groups in total. The van der Waals surface area contributed by atoms with Gasteiger partial charge in [-0.1, -0.05) is 6.07 Å². The molecule has 0 spiro atoms. The molecule has 3 aromatic rings. The summed E-state index contributed by atoms with van der Waals surface area (Å²) in [7, 11) is 1.55. The molecule has 2 aromatic heterocycles. The zero-order chi connectivity index (χ0) is 22.9. The van der Waals surface area contributed by atoms with Gasteiger partial charge in [0.05, 0.1) is 19.4 Å².